The lowest BCUT2D eigenvalue weighted by Gasteiger charge is -2.27. The van der Waals surface area contributed by atoms with Crippen LogP contribution in [-0.2, 0) is 27.1 Å². The molecule has 8 nitrogen and oxygen atoms in total. The fourth-order valence-corrected chi connectivity index (χ4v) is 5.14. The van der Waals surface area contributed by atoms with E-state index in [0.717, 1.165) is 60.4 Å². The number of carbonyl (C=O) groups excluding carboxylic acids is 2. The molecule has 2 atom stereocenters. The summed E-state index contributed by atoms with van der Waals surface area (Å²) < 4.78 is 13.4. The molecule has 200 valence electrons. The summed E-state index contributed by atoms with van der Waals surface area (Å²) in [6, 6.07) is 17.2. The van der Waals surface area contributed by atoms with Crippen molar-refractivity contribution < 1.29 is 19.1 Å². The maximum atomic E-state index is 13.9. The van der Waals surface area contributed by atoms with E-state index in [9.17, 15) is 9.59 Å². The molecule has 0 aliphatic carbocycles. The van der Waals surface area contributed by atoms with E-state index in [4.69, 9.17) is 9.47 Å². The highest BCUT2D eigenvalue weighted by atomic mass is 16.6. The molecule has 0 spiro atoms. The van der Waals surface area contributed by atoms with Crippen molar-refractivity contribution in [2.75, 3.05) is 18.1 Å². The first kappa shape index (κ1) is 26.0. The van der Waals surface area contributed by atoms with Gasteiger partial charge in [-0.2, -0.15) is 5.10 Å². The SMILES string of the molecule is CC(C)(C)OC(=O)NC(Cc1ccccc1)C(=O)N1CCc2ccc(-c3ccnn3C3CCCCO3)cc21. The van der Waals surface area contributed by atoms with Crippen LogP contribution in [0.3, 0.4) is 0 Å². The third-order valence-electron chi connectivity index (χ3n) is 6.91. The number of amides is 2. The molecule has 38 heavy (non-hydrogen) atoms. The van der Waals surface area contributed by atoms with Crippen molar-refractivity contribution >= 4 is 17.7 Å². The van der Waals surface area contributed by atoms with Gasteiger partial charge in [-0.1, -0.05) is 42.5 Å². The molecule has 3 aromatic rings. The molecule has 2 aromatic carbocycles. The number of nitrogens with one attached hydrogen (secondary N) is 1. The largest absolute Gasteiger partial charge is 0.444 e. The Morgan fingerprint density at radius 1 is 1.13 bits per heavy atom. The molecule has 1 aromatic heterocycles. The number of fused-ring (bicyclic) bond motifs is 1. The Kier molecular flexibility index (Phi) is 7.51. The normalized spacial score (nSPS) is 18.1. The van der Waals surface area contributed by atoms with E-state index in [1.54, 1.807) is 11.1 Å². The van der Waals surface area contributed by atoms with Crippen LogP contribution in [-0.4, -0.2) is 46.6 Å². The molecule has 2 aliphatic heterocycles. The van der Waals surface area contributed by atoms with Crippen LogP contribution in [0.1, 0.15) is 57.4 Å². The summed E-state index contributed by atoms with van der Waals surface area (Å²) in [4.78, 5) is 28.4. The van der Waals surface area contributed by atoms with Gasteiger partial charge in [-0.15, -0.1) is 0 Å². The van der Waals surface area contributed by atoms with E-state index in [1.165, 1.54) is 0 Å². The van der Waals surface area contributed by atoms with Crippen LogP contribution in [0.4, 0.5) is 10.5 Å². The summed E-state index contributed by atoms with van der Waals surface area (Å²) in [5.41, 5.74) is 4.23. The summed E-state index contributed by atoms with van der Waals surface area (Å²) >= 11 is 0. The highest BCUT2D eigenvalue weighted by Crippen LogP contribution is 2.35. The molecule has 1 N–H and O–H groups in total. The number of ether oxygens (including phenoxy) is 2. The number of carbonyl (C=O) groups is 2. The third-order valence-corrected chi connectivity index (χ3v) is 6.91. The molecule has 2 aliphatic rings. The Bertz CT molecular complexity index is 1270. The van der Waals surface area contributed by atoms with Gasteiger partial charge < -0.3 is 19.7 Å². The average Bonchev–Trinajstić information content (AvgIpc) is 3.55. The number of aromatic nitrogens is 2. The average molecular weight is 517 g/mol. The first-order valence-electron chi connectivity index (χ1n) is 13.4. The summed E-state index contributed by atoms with van der Waals surface area (Å²) in [6.45, 7) is 6.72. The second-order valence-electron chi connectivity index (χ2n) is 11.0. The second-order valence-corrected chi connectivity index (χ2v) is 11.0. The molecule has 1 saturated heterocycles. The van der Waals surface area contributed by atoms with Crippen LogP contribution < -0.4 is 10.2 Å². The van der Waals surface area contributed by atoms with Crippen molar-refractivity contribution in [3.8, 4) is 11.3 Å². The molecule has 0 radical (unpaired) electrons. The number of hydrogen-bond donors (Lipinski definition) is 1. The third kappa shape index (κ3) is 5.91. The van der Waals surface area contributed by atoms with E-state index in [2.05, 4.69) is 28.6 Å². The van der Waals surface area contributed by atoms with Gasteiger partial charge in [-0.05, 0) is 69.7 Å². The molecule has 2 unspecified atom stereocenters. The van der Waals surface area contributed by atoms with Crippen molar-refractivity contribution in [2.45, 2.75) is 70.7 Å². The summed E-state index contributed by atoms with van der Waals surface area (Å²) in [7, 11) is 0. The summed E-state index contributed by atoms with van der Waals surface area (Å²) in [5.74, 6) is -0.153. The molecular formula is C30H36N4O4. The molecule has 8 heteroatoms. The quantitative estimate of drug-likeness (QED) is 0.482. The highest BCUT2D eigenvalue weighted by molar-refractivity contribution is 6.01. The van der Waals surface area contributed by atoms with Crippen molar-refractivity contribution in [3.63, 3.8) is 0 Å². The number of rotatable bonds is 6. The molecule has 1 fully saturated rings. The number of anilines is 1. The van der Waals surface area contributed by atoms with Gasteiger partial charge in [0.15, 0.2) is 6.23 Å². The zero-order valence-electron chi connectivity index (χ0n) is 22.4. The predicted molar refractivity (Wildman–Crippen MR) is 146 cm³/mol. The lowest BCUT2D eigenvalue weighted by Crippen LogP contribution is -2.50. The van der Waals surface area contributed by atoms with Crippen LogP contribution >= 0.6 is 0 Å². The minimum Gasteiger partial charge on any atom is -0.444 e. The van der Waals surface area contributed by atoms with E-state index >= 15 is 0 Å². The first-order valence-corrected chi connectivity index (χ1v) is 13.4. The smallest absolute Gasteiger partial charge is 0.408 e. The standard InChI is InChI=1S/C30H36N4O4/c1-30(2,3)38-29(36)32-24(19-21-9-5-4-6-10-21)28(35)33-17-15-22-12-13-23(20-26(22)33)25-14-16-31-34(25)27-11-7-8-18-37-27/h4-6,9-10,12-14,16,20,24,27H,7-8,11,15,17-19H2,1-3H3,(H,32,36). The van der Waals surface area contributed by atoms with Crippen molar-refractivity contribution in [1.29, 1.82) is 0 Å². The number of hydrogen-bond acceptors (Lipinski definition) is 5. The number of nitrogens with zero attached hydrogens (tertiary/aromatic N) is 3. The monoisotopic (exact) mass is 516 g/mol. The van der Waals surface area contributed by atoms with Crippen LogP contribution in [0.2, 0.25) is 0 Å². The Labute approximate surface area is 223 Å². The van der Waals surface area contributed by atoms with Gasteiger partial charge in [0.05, 0.1) is 5.69 Å². The van der Waals surface area contributed by atoms with Crippen molar-refractivity contribution in [2.24, 2.45) is 0 Å². The van der Waals surface area contributed by atoms with Gasteiger partial charge >= 0.3 is 6.09 Å². The van der Waals surface area contributed by atoms with E-state index in [0.29, 0.717) is 13.0 Å². The maximum absolute atomic E-state index is 13.9. The van der Waals surface area contributed by atoms with Crippen LogP contribution in [0.25, 0.3) is 11.3 Å². The fourth-order valence-electron chi connectivity index (χ4n) is 5.14. The van der Waals surface area contributed by atoms with Crippen molar-refractivity contribution in [1.82, 2.24) is 15.1 Å². The molecular weight excluding hydrogens is 480 g/mol. The number of benzene rings is 2. The van der Waals surface area contributed by atoms with Gasteiger partial charge in [-0.25, -0.2) is 9.48 Å². The lowest BCUT2D eigenvalue weighted by atomic mass is 10.0. The fraction of sp³-hybridized carbons (Fsp3) is 0.433. The minimum absolute atomic E-state index is 0.0759. The molecule has 0 saturated carbocycles. The van der Waals surface area contributed by atoms with Crippen LogP contribution in [0.15, 0.2) is 60.8 Å². The Balaban J connectivity index is 1.41. The molecule has 3 heterocycles. The van der Waals surface area contributed by atoms with Gasteiger partial charge in [0.1, 0.15) is 11.6 Å². The van der Waals surface area contributed by atoms with Crippen molar-refractivity contribution in [3.05, 3.63) is 71.9 Å². The molecule has 5 rings (SSSR count). The van der Waals surface area contributed by atoms with Gasteiger partial charge in [-0.3, -0.25) is 4.79 Å². The minimum atomic E-state index is -0.761. The first-order chi connectivity index (χ1) is 18.3. The highest BCUT2D eigenvalue weighted by Gasteiger charge is 2.33. The predicted octanol–water partition coefficient (Wildman–Crippen LogP) is 5.27. The Morgan fingerprint density at radius 3 is 2.68 bits per heavy atom. The van der Waals surface area contributed by atoms with E-state index in [-0.39, 0.29) is 12.1 Å². The van der Waals surface area contributed by atoms with Gasteiger partial charge in [0, 0.05) is 37.0 Å². The molecule has 2 amide bonds. The zero-order valence-corrected chi connectivity index (χ0v) is 22.4. The Morgan fingerprint density at radius 2 is 1.95 bits per heavy atom. The maximum Gasteiger partial charge on any atom is 0.408 e. The van der Waals surface area contributed by atoms with Gasteiger partial charge in [0.25, 0.3) is 0 Å². The Hall–Kier alpha value is -3.65. The number of alkyl carbamates (subject to hydrolysis) is 1. The topological polar surface area (TPSA) is 85.7 Å². The summed E-state index contributed by atoms with van der Waals surface area (Å²) in [5, 5.41) is 7.39. The van der Waals surface area contributed by atoms with Gasteiger partial charge in [0.2, 0.25) is 5.91 Å². The van der Waals surface area contributed by atoms with Crippen LogP contribution in [0.5, 0.6) is 0 Å². The zero-order chi connectivity index (χ0) is 26.7. The lowest BCUT2D eigenvalue weighted by molar-refractivity contribution is -0.120. The van der Waals surface area contributed by atoms with E-state index in [1.807, 2.05) is 61.9 Å². The summed E-state index contributed by atoms with van der Waals surface area (Å²) in [6.07, 6.45) is 5.37. The van der Waals surface area contributed by atoms with E-state index < -0.39 is 17.7 Å². The molecule has 0 bridgehead atoms. The van der Waals surface area contributed by atoms with Crippen LogP contribution in [0, 0.1) is 0 Å². The second kappa shape index (κ2) is 11.0.